The van der Waals surface area contributed by atoms with Gasteiger partial charge in [0.05, 0.1) is 5.56 Å². The maximum atomic E-state index is 13.0. The van der Waals surface area contributed by atoms with Gasteiger partial charge >= 0.3 is 0 Å². The third-order valence-electron chi connectivity index (χ3n) is 2.60. The van der Waals surface area contributed by atoms with Gasteiger partial charge in [-0.2, -0.15) is 0 Å². The number of nitrogens with two attached hydrogens (primary N) is 1. The van der Waals surface area contributed by atoms with Crippen LogP contribution in [0.4, 0.5) is 4.39 Å². The van der Waals surface area contributed by atoms with Crippen LogP contribution >= 0.6 is 22.6 Å². The van der Waals surface area contributed by atoms with E-state index >= 15 is 0 Å². The van der Waals surface area contributed by atoms with E-state index < -0.39 is 0 Å². The third-order valence-corrected chi connectivity index (χ3v) is 3.49. The number of hydrogen-bond acceptors (Lipinski definition) is 3. The standard InChI is InChI=1S/C12H15FIN3O2/c1-2-17(6-5-11(15)16-19)12(18)9-4-3-8(13)7-10(9)14/h3-4,7,19H,2,5-6H2,1H3,(H2,15,16). The van der Waals surface area contributed by atoms with Gasteiger partial charge in [-0.1, -0.05) is 5.16 Å². The van der Waals surface area contributed by atoms with E-state index in [0.717, 1.165) is 0 Å². The summed E-state index contributed by atoms with van der Waals surface area (Å²) in [5, 5.41) is 11.3. The summed E-state index contributed by atoms with van der Waals surface area (Å²) in [6, 6.07) is 4.03. The second-order valence-electron chi connectivity index (χ2n) is 3.85. The summed E-state index contributed by atoms with van der Waals surface area (Å²) < 4.78 is 13.6. The fraction of sp³-hybridized carbons (Fsp3) is 0.333. The van der Waals surface area contributed by atoms with Crippen molar-refractivity contribution in [1.82, 2.24) is 4.90 Å². The lowest BCUT2D eigenvalue weighted by Crippen LogP contribution is -2.34. The van der Waals surface area contributed by atoms with Crippen molar-refractivity contribution in [3.63, 3.8) is 0 Å². The first-order valence-corrected chi connectivity index (χ1v) is 6.78. The van der Waals surface area contributed by atoms with Crippen molar-refractivity contribution in [2.75, 3.05) is 13.1 Å². The van der Waals surface area contributed by atoms with Gasteiger partial charge in [0.2, 0.25) is 0 Å². The lowest BCUT2D eigenvalue weighted by molar-refractivity contribution is 0.0767. The van der Waals surface area contributed by atoms with Crippen molar-refractivity contribution in [3.05, 3.63) is 33.1 Å². The fourth-order valence-corrected chi connectivity index (χ4v) is 2.24. The molecule has 0 saturated carbocycles. The summed E-state index contributed by atoms with van der Waals surface area (Å²) in [5.41, 5.74) is 5.82. The van der Waals surface area contributed by atoms with Gasteiger partial charge in [0.25, 0.3) is 5.91 Å². The predicted octanol–water partition coefficient (Wildman–Crippen LogP) is 2.03. The average Bonchev–Trinajstić information content (AvgIpc) is 2.38. The molecule has 0 aliphatic carbocycles. The van der Waals surface area contributed by atoms with Crippen molar-refractivity contribution in [1.29, 1.82) is 0 Å². The Hall–Kier alpha value is -1.38. The first kappa shape index (κ1) is 15.7. The Morgan fingerprint density at radius 2 is 2.26 bits per heavy atom. The Bertz CT molecular complexity index is 494. The molecule has 19 heavy (non-hydrogen) atoms. The molecule has 0 heterocycles. The zero-order valence-corrected chi connectivity index (χ0v) is 12.6. The fourth-order valence-electron chi connectivity index (χ4n) is 1.54. The van der Waals surface area contributed by atoms with Gasteiger partial charge in [-0.25, -0.2) is 4.39 Å². The molecule has 1 aromatic carbocycles. The Morgan fingerprint density at radius 3 is 2.79 bits per heavy atom. The van der Waals surface area contributed by atoms with Crippen LogP contribution in [0.5, 0.6) is 0 Å². The molecular weight excluding hydrogens is 364 g/mol. The van der Waals surface area contributed by atoms with Gasteiger partial charge in [0.15, 0.2) is 0 Å². The van der Waals surface area contributed by atoms with Crippen LogP contribution in [0.15, 0.2) is 23.4 Å². The maximum Gasteiger partial charge on any atom is 0.254 e. The van der Waals surface area contributed by atoms with Gasteiger partial charge in [-0.05, 0) is 47.7 Å². The SMILES string of the molecule is CCN(CC/C(N)=N/O)C(=O)c1ccc(F)cc1I. The number of nitrogens with zero attached hydrogens (tertiary/aromatic N) is 2. The van der Waals surface area contributed by atoms with Crippen molar-refractivity contribution >= 4 is 34.3 Å². The normalized spacial score (nSPS) is 11.4. The topological polar surface area (TPSA) is 78.9 Å². The molecule has 0 saturated heterocycles. The summed E-state index contributed by atoms with van der Waals surface area (Å²) in [6.45, 7) is 2.67. The highest BCUT2D eigenvalue weighted by atomic mass is 127. The van der Waals surface area contributed by atoms with Crippen molar-refractivity contribution in [2.24, 2.45) is 10.9 Å². The molecule has 0 aliphatic heterocycles. The largest absolute Gasteiger partial charge is 0.409 e. The van der Waals surface area contributed by atoms with E-state index in [1.54, 1.807) is 4.90 Å². The molecule has 1 amide bonds. The van der Waals surface area contributed by atoms with E-state index in [-0.39, 0.29) is 24.0 Å². The molecule has 0 fully saturated rings. The Labute approximate surface area is 124 Å². The quantitative estimate of drug-likeness (QED) is 0.270. The lowest BCUT2D eigenvalue weighted by Gasteiger charge is -2.21. The monoisotopic (exact) mass is 379 g/mol. The molecule has 3 N–H and O–H groups in total. The minimum absolute atomic E-state index is 0.0695. The lowest BCUT2D eigenvalue weighted by atomic mass is 10.2. The highest BCUT2D eigenvalue weighted by molar-refractivity contribution is 14.1. The van der Waals surface area contributed by atoms with Gasteiger partial charge < -0.3 is 15.8 Å². The van der Waals surface area contributed by atoms with Gasteiger partial charge in [-0.3, -0.25) is 4.79 Å². The molecule has 0 aliphatic rings. The number of halogens is 2. The van der Waals surface area contributed by atoms with Crippen LogP contribution < -0.4 is 5.73 Å². The van der Waals surface area contributed by atoms with Gasteiger partial charge in [0, 0.05) is 23.1 Å². The molecule has 0 aromatic heterocycles. The summed E-state index contributed by atoms with van der Waals surface area (Å²) in [5.74, 6) is -0.502. The number of amides is 1. The molecule has 7 heteroatoms. The number of amidine groups is 1. The van der Waals surface area contributed by atoms with E-state index in [1.165, 1.54) is 18.2 Å². The molecule has 1 rings (SSSR count). The molecule has 0 atom stereocenters. The number of hydrogen-bond donors (Lipinski definition) is 2. The van der Waals surface area contributed by atoms with Crippen LogP contribution in [0, 0.1) is 9.39 Å². The number of rotatable bonds is 5. The zero-order valence-electron chi connectivity index (χ0n) is 10.4. The molecule has 1 aromatic rings. The predicted molar refractivity (Wildman–Crippen MR) is 78.7 cm³/mol. The highest BCUT2D eigenvalue weighted by Crippen LogP contribution is 2.16. The summed E-state index contributed by atoms with van der Waals surface area (Å²) in [7, 11) is 0. The smallest absolute Gasteiger partial charge is 0.254 e. The van der Waals surface area contributed by atoms with Crippen molar-refractivity contribution in [3.8, 4) is 0 Å². The van der Waals surface area contributed by atoms with Crippen molar-refractivity contribution < 1.29 is 14.4 Å². The third kappa shape index (κ3) is 4.34. The van der Waals surface area contributed by atoms with Crippen LogP contribution in [0.25, 0.3) is 0 Å². The minimum Gasteiger partial charge on any atom is -0.409 e. The number of oxime groups is 1. The number of benzene rings is 1. The zero-order chi connectivity index (χ0) is 14.4. The second kappa shape index (κ2) is 7.27. The first-order chi connectivity index (χ1) is 8.99. The van der Waals surface area contributed by atoms with E-state index in [2.05, 4.69) is 5.16 Å². The summed E-state index contributed by atoms with van der Waals surface area (Å²) in [4.78, 5) is 13.8. The Morgan fingerprint density at radius 1 is 1.58 bits per heavy atom. The van der Waals surface area contributed by atoms with E-state index in [1.807, 2.05) is 29.5 Å². The Kier molecular flexibility index (Phi) is 6.00. The van der Waals surface area contributed by atoms with Crippen molar-refractivity contribution in [2.45, 2.75) is 13.3 Å². The summed E-state index contributed by atoms with van der Waals surface area (Å²) >= 11 is 1.92. The number of carbonyl (C=O) groups is 1. The van der Waals surface area contributed by atoms with Gasteiger partial charge in [-0.15, -0.1) is 0 Å². The average molecular weight is 379 g/mol. The van der Waals surface area contributed by atoms with Crippen LogP contribution in [-0.4, -0.2) is 34.9 Å². The van der Waals surface area contributed by atoms with Crippen LogP contribution in [0.2, 0.25) is 0 Å². The highest BCUT2D eigenvalue weighted by Gasteiger charge is 2.17. The van der Waals surface area contributed by atoms with Gasteiger partial charge in [0.1, 0.15) is 11.7 Å². The summed E-state index contributed by atoms with van der Waals surface area (Å²) in [6.07, 6.45) is 0.286. The first-order valence-electron chi connectivity index (χ1n) is 5.70. The second-order valence-corrected chi connectivity index (χ2v) is 5.01. The molecule has 0 spiro atoms. The maximum absolute atomic E-state index is 13.0. The number of carbonyl (C=O) groups excluding carboxylic acids is 1. The molecule has 104 valence electrons. The molecule has 0 radical (unpaired) electrons. The minimum atomic E-state index is -0.374. The van der Waals surface area contributed by atoms with E-state index in [0.29, 0.717) is 22.2 Å². The van der Waals surface area contributed by atoms with Crippen LogP contribution in [0.3, 0.4) is 0 Å². The van der Waals surface area contributed by atoms with Crippen LogP contribution in [-0.2, 0) is 0 Å². The molecular formula is C12H15FIN3O2. The molecule has 0 unspecified atom stereocenters. The Balaban J connectivity index is 2.83. The van der Waals surface area contributed by atoms with E-state index in [9.17, 15) is 9.18 Å². The van der Waals surface area contributed by atoms with Crippen LogP contribution in [0.1, 0.15) is 23.7 Å². The van der Waals surface area contributed by atoms with E-state index in [4.69, 9.17) is 10.9 Å². The molecule has 0 bridgehead atoms. The molecule has 5 nitrogen and oxygen atoms in total.